The Labute approximate surface area is 132 Å². The van der Waals surface area contributed by atoms with Gasteiger partial charge in [0.25, 0.3) is 5.91 Å². The second-order valence-corrected chi connectivity index (χ2v) is 5.03. The van der Waals surface area contributed by atoms with Crippen molar-refractivity contribution < 1.29 is 53.8 Å². The van der Waals surface area contributed by atoms with Gasteiger partial charge in [0.1, 0.15) is 0 Å². The van der Waals surface area contributed by atoms with Gasteiger partial charge in [-0.05, 0) is 18.0 Å². The Morgan fingerprint density at radius 1 is 0.958 bits per heavy atom. The van der Waals surface area contributed by atoms with Gasteiger partial charge in [-0.1, -0.05) is 6.92 Å². The van der Waals surface area contributed by atoms with Crippen LogP contribution < -0.4 is 5.32 Å². The molecule has 0 saturated heterocycles. The molecule has 14 heteroatoms. The largest absolute Gasteiger partial charge is 0.394 e. The molecule has 0 aromatic heterocycles. The number of alkyl halides is 11. The van der Waals surface area contributed by atoms with E-state index in [4.69, 9.17) is 5.11 Å². The molecule has 0 spiro atoms. The van der Waals surface area contributed by atoms with E-state index in [1.54, 1.807) is 0 Å². The first-order valence-electron chi connectivity index (χ1n) is 5.91. The lowest BCUT2D eigenvalue weighted by Gasteiger charge is -2.37. The fraction of sp³-hybridized carbons (Fsp3) is 0.900. The smallest absolute Gasteiger partial charge is 0.393 e. The van der Waals surface area contributed by atoms with Crippen LogP contribution in [-0.2, 0) is 4.79 Å². The number of amides is 1. The van der Waals surface area contributed by atoms with Gasteiger partial charge in [-0.25, -0.2) is 0 Å². The summed E-state index contributed by atoms with van der Waals surface area (Å²) in [6, 6.07) is -1.59. The molecular formula is C10H10ClF10NO2. The van der Waals surface area contributed by atoms with Crippen molar-refractivity contribution in [2.24, 2.45) is 0 Å². The molecule has 0 aliphatic carbocycles. The van der Waals surface area contributed by atoms with Crippen molar-refractivity contribution >= 4 is 17.5 Å². The van der Waals surface area contributed by atoms with Gasteiger partial charge in [-0.3, -0.25) is 4.79 Å². The molecule has 0 bridgehead atoms. The summed E-state index contributed by atoms with van der Waals surface area (Å²) in [6.45, 7) is 0.0877. The topological polar surface area (TPSA) is 49.3 Å². The molecule has 0 aliphatic heterocycles. The third kappa shape index (κ3) is 3.51. The van der Waals surface area contributed by atoms with Crippen LogP contribution in [0.5, 0.6) is 0 Å². The molecule has 0 aliphatic rings. The molecule has 3 nitrogen and oxygen atoms in total. The van der Waals surface area contributed by atoms with Crippen molar-refractivity contribution in [3.63, 3.8) is 0 Å². The molecule has 2 N–H and O–H groups in total. The molecule has 0 fully saturated rings. The predicted octanol–water partition coefficient (Wildman–Crippen LogP) is 3.25. The number of aliphatic hydroxyl groups excluding tert-OH is 1. The Morgan fingerprint density at radius 2 is 1.38 bits per heavy atom. The molecule has 1 unspecified atom stereocenters. The minimum atomic E-state index is -7.40. The van der Waals surface area contributed by atoms with Crippen molar-refractivity contribution in [1.29, 1.82) is 0 Å². The van der Waals surface area contributed by atoms with Gasteiger partial charge in [-0.15, -0.1) is 0 Å². The summed E-state index contributed by atoms with van der Waals surface area (Å²) >= 11 is 3.60. The molecule has 1 amide bonds. The molecular weight excluding hydrogens is 392 g/mol. The lowest BCUT2D eigenvalue weighted by atomic mass is 9.97. The summed E-state index contributed by atoms with van der Waals surface area (Å²) in [7, 11) is 0. The van der Waals surface area contributed by atoms with Crippen molar-refractivity contribution in [2.45, 2.75) is 48.5 Å². The number of nitrogens with one attached hydrogen (secondary N) is 1. The number of aliphatic hydroxyl groups is 1. The number of carbonyl (C=O) groups excluding carboxylic acids is 1. The average molecular weight is 402 g/mol. The summed E-state index contributed by atoms with van der Waals surface area (Å²) in [4.78, 5) is 11.0. The van der Waals surface area contributed by atoms with Crippen molar-refractivity contribution in [3.8, 4) is 0 Å². The zero-order chi connectivity index (χ0) is 19.8. The zero-order valence-electron chi connectivity index (χ0n) is 11.5. The summed E-state index contributed by atoms with van der Waals surface area (Å²) < 4.78 is 129. The molecule has 0 saturated carbocycles. The number of rotatable bonds is 8. The number of hydrogen-bond donors (Lipinski definition) is 2. The van der Waals surface area contributed by atoms with E-state index in [-0.39, 0.29) is 6.42 Å². The maximum absolute atomic E-state index is 13.3. The highest BCUT2D eigenvalue weighted by Gasteiger charge is 2.87. The van der Waals surface area contributed by atoms with E-state index >= 15 is 0 Å². The second-order valence-electron chi connectivity index (χ2n) is 4.56. The van der Waals surface area contributed by atoms with E-state index in [2.05, 4.69) is 11.6 Å². The Morgan fingerprint density at radius 3 is 1.67 bits per heavy atom. The van der Waals surface area contributed by atoms with E-state index in [1.807, 2.05) is 0 Å². The molecule has 1 atom stereocenters. The first kappa shape index (κ1) is 23.0. The second kappa shape index (κ2) is 6.73. The van der Waals surface area contributed by atoms with Gasteiger partial charge < -0.3 is 10.4 Å². The van der Waals surface area contributed by atoms with Gasteiger partial charge in [0, 0.05) is 0 Å². The normalized spacial score (nSPS) is 16.0. The summed E-state index contributed by atoms with van der Waals surface area (Å²) in [6.07, 6.45) is -0.323. The standard InChI is InChI=1S/C10H10ClF10NO2/c1-2-4(3-23)22-5(24)6(12,13)7(14,15)8(16,17)9(18,19)10(11,20)21/h4,23H,2-3H2,1H3,(H,22,24). The van der Waals surface area contributed by atoms with E-state index in [9.17, 15) is 48.7 Å². The molecule has 24 heavy (non-hydrogen) atoms. The number of carbonyl (C=O) groups is 1. The Kier molecular flexibility index (Phi) is 6.46. The maximum atomic E-state index is 13.3. The van der Waals surface area contributed by atoms with E-state index in [0.29, 0.717) is 0 Å². The third-order valence-corrected chi connectivity index (χ3v) is 3.11. The van der Waals surface area contributed by atoms with Gasteiger partial charge in [-0.2, -0.15) is 43.9 Å². The maximum Gasteiger partial charge on any atom is 0.393 e. The summed E-state index contributed by atoms with van der Waals surface area (Å²) in [5.41, 5.74) is 0. The Hall–Kier alpha value is -0.980. The summed E-state index contributed by atoms with van der Waals surface area (Å²) in [5, 5.41) is 3.30. The highest BCUT2D eigenvalue weighted by Crippen LogP contribution is 2.57. The molecule has 0 aromatic carbocycles. The van der Waals surface area contributed by atoms with Crippen LogP contribution in [0.25, 0.3) is 0 Å². The van der Waals surface area contributed by atoms with Crippen LogP contribution in [0.4, 0.5) is 43.9 Å². The fourth-order valence-electron chi connectivity index (χ4n) is 1.27. The van der Waals surface area contributed by atoms with Crippen LogP contribution in [0, 0.1) is 0 Å². The van der Waals surface area contributed by atoms with Crippen molar-refractivity contribution in [2.75, 3.05) is 6.61 Å². The zero-order valence-corrected chi connectivity index (χ0v) is 12.3. The molecule has 144 valence electrons. The third-order valence-electron chi connectivity index (χ3n) is 2.87. The highest BCUT2D eigenvalue weighted by molar-refractivity contribution is 6.22. The van der Waals surface area contributed by atoms with Gasteiger partial charge >= 0.3 is 29.1 Å². The molecule has 0 radical (unpaired) electrons. The van der Waals surface area contributed by atoms with Crippen LogP contribution >= 0.6 is 11.6 Å². The van der Waals surface area contributed by atoms with Gasteiger partial charge in [0.2, 0.25) is 0 Å². The number of hydrogen-bond acceptors (Lipinski definition) is 2. The Bertz CT molecular complexity index is 461. The molecule has 0 heterocycles. The van der Waals surface area contributed by atoms with Crippen molar-refractivity contribution in [1.82, 2.24) is 5.32 Å². The first-order valence-corrected chi connectivity index (χ1v) is 6.29. The van der Waals surface area contributed by atoms with Crippen LogP contribution in [-0.4, -0.2) is 52.7 Å². The van der Waals surface area contributed by atoms with Crippen LogP contribution in [0.3, 0.4) is 0 Å². The number of halogens is 11. The quantitative estimate of drug-likeness (QED) is 0.485. The van der Waals surface area contributed by atoms with Crippen LogP contribution in [0.1, 0.15) is 13.3 Å². The molecule has 0 aromatic rings. The minimum absolute atomic E-state index is 0.323. The average Bonchev–Trinajstić information content (AvgIpc) is 2.42. The lowest BCUT2D eigenvalue weighted by Crippen LogP contribution is -2.69. The highest BCUT2D eigenvalue weighted by atomic mass is 35.5. The fourth-order valence-corrected chi connectivity index (χ4v) is 1.39. The van der Waals surface area contributed by atoms with Gasteiger partial charge in [0.15, 0.2) is 0 Å². The van der Waals surface area contributed by atoms with E-state index in [1.165, 1.54) is 0 Å². The summed E-state index contributed by atoms with van der Waals surface area (Å²) in [5.74, 6) is -31.4. The first-order chi connectivity index (χ1) is 10.4. The van der Waals surface area contributed by atoms with E-state index in [0.717, 1.165) is 12.2 Å². The van der Waals surface area contributed by atoms with Crippen LogP contribution in [0.15, 0.2) is 0 Å². The van der Waals surface area contributed by atoms with Gasteiger partial charge in [0.05, 0.1) is 12.6 Å². The SMILES string of the molecule is CCC(CO)NC(=O)C(F)(F)C(F)(F)C(F)(F)C(F)(F)C(F)(F)Cl. The monoisotopic (exact) mass is 401 g/mol. The van der Waals surface area contributed by atoms with Crippen LogP contribution in [0.2, 0.25) is 0 Å². The Balaban J connectivity index is 5.89. The minimum Gasteiger partial charge on any atom is -0.394 e. The van der Waals surface area contributed by atoms with E-state index < -0.39 is 47.6 Å². The predicted molar refractivity (Wildman–Crippen MR) is 59.9 cm³/mol. The lowest BCUT2D eigenvalue weighted by molar-refractivity contribution is -0.382. The molecule has 0 rings (SSSR count). The van der Waals surface area contributed by atoms with Crippen molar-refractivity contribution in [3.05, 3.63) is 0 Å².